The number of carbonyl (C=O) groups is 1. The lowest BCUT2D eigenvalue weighted by Crippen LogP contribution is -2.40. The molecule has 1 aliphatic carbocycles. The second-order valence-corrected chi connectivity index (χ2v) is 7.42. The van der Waals surface area contributed by atoms with Crippen molar-refractivity contribution in [2.24, 2.45) is 0 Å². The van der Waals surface area contributed by atoms with E-state index in [1.807, 2.05) is 36.9 Å². The highest BCUT2D eigenvalue weighted by molar-refractivity contribution is 5.97. The van der Waals surface area contributed by atoms with Crippen LogP contribution in [0.2, 0.25) is 0 Å². The number of aryl methyl sites for hydroxylation is 3. The van der Waals surface area contributed by atoms with Crippen LogP contribution in [0, 0.1) is 13.8 Å². The van der Waals surface area contributed by atoms with Gasteiger partial charge < -0.3 is 4.90 Å². The van der Waals surface area contributed by atoms with Crippen LogP contribution in [-0.4, -0.2) is 38.9 Å². The molecule has 0 saturated carbocycles. The number of hydrogen-bond donors (Lipinski definition) is 0. The molecule has 0 unspecified atom stereocenters. The molecule has 25 heavy (non-hydrogen) atoms. The number of nitrogens with zero attached hydrogens (tertiary/aromatic N) is 4. The van der Waals surface area contributed by atoms with E-state index in [9.17, 15) is 4.79 Å². The summed E-state index contributed by atoms with van der Waals surface area (Å²) in [6.07, 6.45) is 6.57. The van der Waals surface area contributed by atoms with Gasteiger partial charge in [0.1, 0.15) is 0 Å². The fourth-order valence-corrected chi connectivity index (χ4v) is 4.30. The van der Waals surface area contributed by atoms with Crippen molar-refractivity contribution in [1.82, 2.24) is 19.9 Å². The summed E-state index contributed by atoms with van der Waals surface area (Å²) in [5.74, 6) is 0.176. The van der Waals surface area contributed by atoms with Crippen molar-refractivity contribution < 1.29 is 4.79 Å². The van der Waals surface area contributed by atoms with Gasteiger partial charge in [0.15, 0.2) is 0 Å². The van der Waals surface area contributed by atoms with Crippen LogP contribution in [0.25, 0.3) is 0 Å². The van der Waals surface area contributed by atoms with Gasteiger partial charge in [0.25, 0.3) is 5.91 Å². The van der Waals surface area contributed by atoms with Crippen molar-refractivity contribution in [1.29, 1.82) is 0 Å². The molecular formula is C20H26N4O. The van der Waals surface area contributed by atoms with Gasteiger partial charge in [-0.3, -0.25) is 4.79 Å². The molecule has 1 saturated heterocycles. The third kappa shape index (κ3) is 2.96. The molecule has 2 aromatic rings. The number of benzene rings is 1. The number of rotatable bonds is 2. The molecule has 1 aliphatic heterocycles. The molecule has 132 valence electrons. The number of aromatic nitrogens is 3. The summed E-state index contributed by atoms with van der Waals surface area (Å²) < 4.78 is 2.16. The van der Waals surface area contributed by atoms with Gasteiger partial charge >= 0.3 is 0 Å². The predicted molar refractivity (Wildman–Crippen MR) is 96.8 cm³/mol. The number of fused-ring (bicyclic) bond motifs is 1. The summed E-state index contributed by atoms with van der Waals surface area (Å²) in [6.45, 7) is 5.64. The number of amides is 1. The molecule has 1 fully saturated rings. The maximum Gasteiger partial charge on any atom is 0.254 e. The minimum atomic E-state index is 0.176. The van der Waals surface area contributed by atoms with Crippen LogP contribution in [0.3, 0.4) is 0 Å². The van der Waals surface area contributed by atoms with Gasteiger partial charge in [0.2, 0.25) is 0 Å². The maximum atomic E-state index is 13.0. The second kappa shape index (κ2) is 6.62. The third-order valence-corrected chi connectivity index (χ3v) is 5.74. The standard InChI is InChI=1S/C20H26N4O/c1-14-6-5-7-15(2)19(14)20(25)23-12-10-16(11-13-23)24-18-9-4-3-8-17(18)21-22-24/h5-7,16H,3-4,8-13H2,1-2H3. The van der Waals surface area contributed by atoms with Gasteiger partial charge in [0, 0.05) is 18.7 Å². The number of carbonyl (C=O) groups excluding carboxylic acids is 1. The number of likely N-dealkylation sites (tertiary alicyclic amines) is 1. The fourth-order valence-electron chi connectivity index (χ4n) is 4.30. The molecule has 1 amide bonds. The summed E-state index contributed by atoms with van der Waals surface area (Å²) in [6, 6.07) is 6.45. The van der Waals surface area contributed by atoms with Crippen LogP contribution in [0.4, 0.5) is 0 Å². The summed E-state index contributed by atoms with van der Waals surface area (Å²) >= 11 is 0. The normalized spacial score (nSPS) is 18.2. The Morgan fingerprint density at radius 3 is 2.48 bits per heavy atom. The van der Waals surface area contributed by atoms with E-state index in [4.69, 9.17) is 0 Å². The van der Waals surface area contributed by atoms with E-state index in [1.54, 1.807) is 0 Å². The highest BCUT2D eigenvalue weighted by Gasteiger charge is 2.29. The van der Waals surface area contributed by atoms with E-state index in [0.29, 0.717) is 6.04 Å². The lowest BCUT2D eigenvalue weighted by atomic mass is 9.97. The van der Waals surface area contributed by atoms with Crippen molar-refractivity contribution in [2.45, 2.75) is 58.4 Å². The van der Waals surface area contributed by atoms with Crippen molar-refractivity contribution in [3.8, 4) is 0 Å². The molecular weight excluding hydrogens is 312 g/mol. The molecule has 1 aromatic heterocycles. The lowest BCUT2D eigenvalue weighted by molar-refractivity contribution is 0.0686. The van der Waals surface area contributed by atoms with Crippen LogP contribution in [0.15, 0.2) is 18.2 Å². The molecule has 5 heteroatoms. The maximum absolute atomic E-state index is 13.0. The average molecular weight is 338 g/mol. The van der Waals surface area contributed by atoms with E-state index in [0.717, 1.165) is 55.5 Å². The highest BCUT2D eigenvalue weighted by atomic mass is 16.2. The zero-order valence-electron chi connectivity index (χ0n) is 15.2. The van der Waals surface area contributed by atoms with Gasteiger partial charge in [-0.1, -0.05) is 23.4 Å². The van der Waals surface area contributed by atoms with E-state index < -0.39 is 0 Å². The largest absolute Gasteiger partial charge is 0.338 e. The van der Waals surface area contributed by atoms with Crippen LogP contribution >= 0.6 is 0 Å². The monoisotopic (exact) mass is 338 g/mol. The minimum Gasteiger partial charge on any atom is -0.338 e. The minimum absolute atomic E-state index is 0.176. The number of hydrogen-bond acceptors (Lipinski definition) is 3. The van der Waals surface area contributed by atoms with Gasteiger partial charge in [-0.25, -0.2) is 4.68 Å². The third-order valence-electron chi connectivity index (χ3n) is 5.74. The van der Waals surface area contributed by atoms with Gasteiger partial charge in [0.05, 0.1) is 17.4 Å². The van der Waals surface area contributed by atoms with Gasteiger partial charge in [-0.2, -0.15) is 0 Å². The Kier molecular flexibility index (Phi) is 4.32. The molecule has 0 radical (unpaired) electrons. The van der Waals surface area contributed by atoms with E-state index in [1.165, 1.54) is 24.2 Å². The van der Waals surface area contributed by atoms with Crippen LogP contribution in [0.5, 0.6) is 0 Å². The Labute approximate surface area is 149 Å². The summed E-state index contributed by atoms with van der Waals surface area (Å²) in [7, 11) is 0. The first-order valence-corrected chi connectivity index (χ1v) is 9.43. The Balaban J connectivity index is 1.47. The highest BCUT2D eigenvalue weighted by Crippen LogP contribution is 2.28. The first-order valence-electron chi connectivity index (χ1n) is 9.43. The van der Waals surface area contributed by atoms with E-state index in [2.05, 4.69) is 15.0 Å². The van der Waals surface area contributed by atoms with Crippen molar-refractivity contribution >= 4 is 5.91 Å². The first-order chi connectivity index (χ1) is 12.1. The fraction of sp³-hybridized carbons (Fsp3) is 0.550. The summed E-state index contributed by atoms with van der Waals surface area (Å²) in [5, 5.41) is 8.83. The molecule has 0 bridgehead atoms. The Morgan fingerprint density at radius 1 is 1.08 bits per heavy atom. The zero-order chi connectivity index (χ0) is 17.4. The van der Waals surface area contributed by atoms with Gasteiger partial charge in [-0.15, -0.1) is 5.10 Å². The van der Waals surface area contributed by atoms with E-state index >= 15 is 0 Å². The van der Waals surface area contributed by atoms with Crippen molar-refractivity contribution in [2.75, 3.05) is 13.1 Å². The molecule has 0 atom stereocenters. The Morgan fingerprint density at radius 2 is 1.76 bits per heavy atom. The Hall–Kier alpha value is -2.17. The summed E-state index contributed by atoms with van der Waals surface area (Å²) in [4.78, 5) is 15.0. The van der Waals surface area contributed by atoms with Crippen LogP contribution < -0.4 is 0 Å². The quantitative estimate of drug-likeness (QED) is 0.844. The zero-order valence-corrected chi connectivity index (χ0v) is 15.2. The summed E-state index contributed by atoms with van der Waals surface area (Å²) in [5.41, 5.74) is 5.54. The number of piperidine rings is 1. The second-order valence-electron chi connectivity index (χ2n) is 7.42. The smallest absolute Gasteiger partial charge is 0.254 e. The Bertz CT molecular complexity index is 767. The van der Waals surface area contributed by atoms with Crippen molar-refractivity contribution in [3.63, 3.8) is 0 Å². The molecule has 5 nitrogen and oxygen atoms in total. The molecule has 2 aliphatic rings. The molecule has 2 heterocycles. The van der Waals surface area contributed by atoms with Crippen LogP contribution in [0.1, 0.15) is 64.6 Å². The van der Waals surface area contributed by atoms with Crippen molar-refractivity contribution in [3.05, 3.63) is 46.3 Å². The van der Waals surface area contributed by atoms with Gasteiger partial charge in [-0.05, 0) is 63.5 Å². The molecule has 4 rings (SSSR count). The first kappa shape index (κ1) is 16.3. The molecule has 0 spiro atoms. The molecule has 0 N–H and O–H groups in total. The predicted octanol–water partition coefficient (Wildman–Crippen LogP) is 3.25. The lowest BCUT2D eigenvalue weighted by Gasteiger charge is -2.33. The average Bonchev–Trinajstić information content (AvgIpc) is 3.06. The van der Waals surface area contributed by atoms with Crippen LogP contribution in [-0.2, 0) is 12.8 Å². The topological polar surface area (TPSA) is 51.0 Å². The van der Waals surface area contributed by atoms with E-state index in [-0.39, 0.29) is 5.91 Å². The SMILES string of the molecule is Cc1cccc(C)c1C(=O)N1CCC(n2nnc3c2CCCC3)CC1. The molecule has 1 aromatic carbocycles.